The van der Waals surface area contributed by atoms with Crippen LogP contribution >= 0.6 is 34.0 Å². The molecule has 7 heterocycles. The van der Waals surface area contributed by atoms with Gasteiger partial charge in [0.25, 0.3) is 0 Å². The van der Waals surface area contributed by atoms with E-state index in [-0.39, 0.29) is 0 Å². The van der Waals surface area contributed by atoms with Gasteiger partial charge in [-0.3, -0.25) is 0 Å². The molecule has 0 radical (unpaired) electrons. The predicted molar refractivity (Wildman–Crippen MR) is 339 cm³/mol. The highest BCUT2D eigenvalue weighted by Gasteiger charge is 2.24. The molecule has 0 bridgehead atoms. The van der Waals surface area contributed by atoms with Crippen molar-refractivity contribution in [1.82, 2.24) is 9.13 Å². The Balaban J connectivity index is 0.899. The second kappa shape index (κ2) is 15.6. The Labute approximate surface area is 461 Å². The minimum atomic E-state index is 0.902. The highest BCUT2D eigenvalue weighted by molar-refractivity contribution is 7.28. The molecule has 366 valence electrons. The zero-order valence-corrected chi connectivity index (χ0v) is 44.3. The molecule has 0 aliphatic rings. The lowest BCUT2D eigenvalue weighted by atomic mass is 9.99. The second-order valence-electron chi connectivity index (χ2n) is 21.1. The maximum absolute atomic E-state index is 6.31. The van der Waals surface area contributed by atoms with Crippen LogP contribution in [0, 0.1) is 0 Å². The topological polar surface area (TPSA) is 36.1 Å². The van der Waals surface area contributed by atoms with Crippen molar-refractivity contribution in [2.45, 2.75) is 0 Å². The first-order valence-electron chi connectivity index (χ1n) is 26.7. The number of furan rings is 2. The Kier molecular flexibility index (Phi) is 8.40. The average molecular weight is 1060 g/mol. The molecule has 0 unspecified atom stereocenters. The van der Waals surface area contributed by atoms with Crippen molar-refractivity contribution in [3.05, 3.63) is 231 Å². The van der Waals surface area contributed by atoms with Crippen molar-refractivity contribution in [2.24, 2.45) is 0 Å². The number of benzene rings is 12. The van der Waals surface area contributed by atoms with Crippen molar-refractivity contribution in [3.63, 3.8) is 0 Å². The van der Waals surface area contributed by atoms with Gasteiger partial charge in [0.2, 0.25) is 0 Å². The number of para-hydroxylation sites is 2. The summed E-state index contributed by atoms with van der Waals surface area (Å²) in [5, 5.41) is 17.2. The molecule has 12 aromatic carbocycles. The van der Waals surface area contributed by atoms with Crippen LogP contribution in [0.1, 0.15) is 0 Å². The number of nitrogens with zero attached hydrogens (tertiary/aromatic N) is 2. The van der Waals surface area contributed by atoms with E-state index in [1.807, 2.05) is 46.1 Å². The Morgan fingerprint density at radius 1 is 0.241 bits per heavy atom. The van der Waals surface area contributed by atoms with Gasteiger partial charge in [-0.05, 0) is 144 Å². The van der Waals surface area contributed by atoms with E-state index in [0.717, 1.165) is 66.4 Å². The maximum atomic E-state index is 6.31. The lowest BCUT2D eigenvalue weighted by molar-refractivity contribution is 0.668. The van der Waals surface area contributed by atoms with E-state index in [0.29, 0.717) is 0 Å². The van der Waals surface area contributed by atoms with E-state index in [4.69, 9.17) is 8.83 Å². The molecule has 19 aromatic rings. The van der Waals surface area contributed by atoms with Crippen LogP contribution in [0.4, 0.5) is 0 Å². The fourth-order valence-corrected chi connectivity index (χ4v) is 16.9. The van der Waals surface area contributed by atoms with Gasteiger partial charge >= 0.3 is 0 Å². The first-order chi connectivity index (χ1) is 39.1. The molecular weight excluding hydrogens is 1020 g/mol. The lowest BCUT2D eigenvalue weighted by Crippen LogP contribution is -1.93. The molecule has 7 aromatic heterocycles. The molecule has 0 fully saturated rings. The Morgan fingerprint density at radius 2 is 0.620 bits per heavy atom. The van der Waals surface area contributed by atoms with Gasteiger partial charge in [-0.2, -0.15) is 0 Å². The van der Waals surface area contributed by atoms with Crippen molar-refractivity contribution < 1.29 is 8.83 Å². The fraction of sp³-hybridized carbons (Fsp3) is 0. The molecule has 0 amide bonds. The van der Waals surface area contributed by atoms with Crippen molar-refractivity contribution in [3.8, 4) is 33.6 Å². The third kappa shape index (κ3) is 5.90. The van der Waals surface area contributed by atoms with Gasteiger partial charge in [0.15, 0.2) is 0 Å². The normalized spacial score (nSPS) is 12.6. The van der Waals surface area contributed by atoms with Gasteiger partial charge in [0, 0.05) is 115 Å². The maximum Gasteiger partial charge on any atom is 0.135 e. The van der Waals surface area contributed by atoms with Gasteiger partial charge in [0.1, 0.15) is 22.3 Å². The third-order valence-electron chi connectivity index (χ3n) is 16.9. The molecule has 7 heteroatoms. The van der Waals surface area contributed by atoms with Gasteiger partial charge in [-0.1, -0.05) is 109 Å². The number of thiophene rings is 3. The molecule has 19 rings (SSSR count). The standard InChI is InChI=1S/C72H38N2O2S3/c1-5-13-61-45(9-1)51-33-41(19-29-63(51)75-61)39-17-25-57-55(35-39)69-59(73(57)43-21-31-67-53(37-43)47-11-3-7-15-65(47)77-67)27-23-49-50-24-28-60-70(72(50)79-71(49)69)56-36-40(42-20-30-64-52(34-42)46-10-2-6-14-62(46)76-64)18-26-58(56)74(60)44-22-32-68-54(38-44)48-12-4-8-16-66(48)78-68/h1-38H. The molecule has 0 spiro atoms. The third-order valence-corrected chi connectivity index (χ3v) is 20.5. The Morgan fingerprint density at radius 3 is 1.10 bits per heavy atom. The predicted octanol–water partition coefficient (Wildman–Crippen LogP) is 22.1. The number of hydrogen-bond donors (Lipinski definition) is 0. The molecule has 0 atom stereocenters. The smallest absolute Gasteiger partial charge is 0.135 e. The summed E-state index contributed by atoms with van der Waals surface area (Å²) in [5.41, 5.74) is 15.4. The van der Waals surface area contributed by atoms with Crippen molar-refractivity contribution in [1.29, 1.82) is 0 Å². The van der Waals surface area contributed by atoms with Crippen LogP contribution < -0.4 is 0 Å². The van der Waals surface area contributed by atoms with Gasteiger partial charge < -0.3 is 18.0 Å². The minimum Gasteiger partial charge on any atom is -0.456 e. The summed E-state index contributed by atoms with van der Waals surface area (Å²) < 4.78 is 25.4. The molecule has 79 heavy (non-hydrogen) atoms. The van der Waals surface area contributed by atoms with Gasteiger partial charge in [-0.15, -0.1) is 34.0 Å². The van der Waals surface area contributed by atoms with Crippen molar-refractivity contribution in [2.75, 3.05) is 0 Å². The number of fused-ring (bicyclic) bond motifs is 23. The van der Waals surface area contributed by atoms with E-state index >= 15 is 0 Å². The number of aromatic nitrogens is 2. The monoisotopic (exact) mass is 1060 g/mol. The average Bonchev–Trinajstić information content (AvgIpc) is 4.43. The molecule has 0 aliphatic heterocycles. The van der Waals surface area contributed by atoms with Gasteiger partial charge in [-0.25, -0.2) is 0 Å². The molecule has 0 saturated heterocycles. The molecule has 0 N–H and O–H groups in total. The van der Waals surface area contributed by atoms with Crippen LogP contribution in [-0.4, -0.2) is 9.13 Å². The van der Waals surface area contributed by atoms with Crippen LogP contribution in [-0.2, 0) is 0 Å². The highest BCUT2D eigenvalue weighted by Crippen LogP contribution is 2.50. The number of rotatable bonds is 4. The van der Waals surface area contributed by atoms with Crippen molar-refractivity contribution >= 4 is 182 Å². The van der Waals surface area contributed by atoms with Crippen LogP contribution in [0.5, 0.6) is 0 Å². The zero-order chi connectivity index (χ0) is 51.2. The summed E-state index contributed by atoms with van der Waals surface area (Å²) >= 11 is 5.67. The molecular formula is C72H38N2O2S3. The molecule has 0 aliphatic carbocycles. The summed E-state index contributed by atoms with van der Waals surface area (Å²) in [6.45, 7) is 0. The van der Waals surface area contributed by atoms with Crippen LogP contribution in [0.25, 0.3) is 182 Å². The Bertz CT molecular complexity index is 5530. The number of hydrogen-bond acceptors (Lipinski definition) is 5. The summed E-state index contributed by atoms with van der Waals surface area (Å²) in [6, 6.07) is 85.4. The summed E-state index contributed by atoms with van der Waals surface area (Å²) in [4.78, 5) is 0. The summed E-state index contributed by atoms with van der Waals surface area (Å²) in [7, 11) is 0. The zero-order valence-electron chi connectivity index (χ0n) is 41.9. The Hall–Kier alpha value is -9.50. The quantitative estimate of drug-likeness (QED) is 0.176. The summed E-state index contributed by atoms with van der Waals surface area (Å²) in [5.74, 6) is 0. The van der Waals surface area contributed by atoms with Crippen LogP contribution in [0.15, 0.2) is 239 Å². The first kappa shape index (κ1) is 42.6. The van der Waals surface area contributed by atoms with E-state index in [1.165, 1.54) is 115 Å². The second-order valence-corrected chi connectivity index (χ2v) is 24.3. The molecule has 0 saturated carbocycles. The van der Waals surface area contributed by atoms with E-state index in [2.05, 4.69) is 228 Å². The van der Waals surface area contributed by atoms with E-state index in [9.17, 15) is 0 Å². The first-order valence-corrected chi connectivity index (χ1v) is 29.1. The van der Waals surface area contributed by atoms with E-state index in [1.54, 1.807) is 0 Å². The van der Waals surface area contributed by atoms with Crippen LogP contribution in [0.3, 0.4) is 0 Å². The summed E-state index contributed by atoms with van der Waals surface area (Å²) in [6.07, 6.45) is 0. The lowest BCUT2D eigenvalue weighted by Gasteiger charge is -2.09. The van der Waals surface area contributed by atoms with Crippen LogP contribution in [0.2, 0.25) is 0 Å². The van der Waals surface area contributed by atoms with E-state index < -0.39 is 0 Å². The van der Waals surface area contributed by atoms with Gasteiger partial charge in [0.05, 0.1) is 22.1 Å². The fourth-order valence-electron chi connectivity index (χ4n) is 13.3. The molecule has 4 nitrogen and oxygen atoms in total. The SMILES string of the molecule is c1ccc2c(c1)oc1ccc(-c3ccc4c(c3)c3c5sc6c(ccc7c6c6cc(-c8ccc9oc%10ccccc%10c9c8)ccc6n7-c6ccc7sc8ccccc8c7c6)c5ccc3n4-c3ccc4sc5ccccc5c4c3)cc12. The highest BCUT2D eigenvalue weighted by atomic mass is 32.1. The largest absolute Gasteiger partial charge is 0.456 e. The minimum absolute atomic E-state index is 0.902.